The Morgan fingerprint density at radius 2 is 2.23 bits per heavy atom. The van der Waals surface area contributed by atoms with Gasteiger partial charge in [0.05, 0.1) is 22.5 Å². The van der Waals surface area contributed by atoms with Gasteiger partial charge in [-0.1, -0.05) is 23.2 Å². The molecule has 1 atom stereocenters. The Kier molecular flexibility index (Phi) is 4.38. The Hall–Kier alpha value is -1.56. The Balaban J connectivity index is 1.82. The van der Waals surface area contributed by atoms with Crippen molar-refractivity contribution >= 4 is 29.1 Å². The van der Waals surface area contributed by atoms with Crippen molar-refractivity contribution < 1.29 is 4.79 Å². The van der Waals surface area contributed by atoms with Crippen LogP contribution in [0, 0.1) is 0 Å². The van der Waals surface area contributed by atoms with E-state index in [9.17, 15) is 4.79 Å². The van der Waals surface area contributed by atoms with Crippen molar-refractivity contribution in [3.8, 4) is 5.69 Å². The molecule has 1 aromatic heterocycles. The lowest BCUT2D eigenvalue weighted by Crippen LogP contribution is -2.51. The second-order valence-corrected chi connectivity index (χ2v) is 6.22. The van der Waals surface area contributed by atoms with Crippen LogP contribution in [0.15, 0.2) is 30.6 Å². The molecular weight excluding hydrogens is 323 g/mol. The molecule has 7 heteroatoms. The van der Waals surface area contributed by atoms with Crippen molar-refractivity contribution in [2.45, 2.75) is 13.0 Å². The topological polar surface area (TPSA) is 50.2 Å². The molecule has 2 aromatic rings. The fourth-order valence-electron chi connectivity index (χ4n) is 2.53. The SMILES string of the molecule is CC1CN(C(=O)c2cnn(-c3ccc(Cl)cc3Cl)c2)CCN1. The highest BCUT2D eigenvalue weighted by Gasteiger charge is 2.22. The van der Waals surface area contributed by atoms with Gasteiger partial charge in [0.1, 0.15) is 0 Å². The fraction of sp³-hybridized carbons (Fsp3) is 0.333. The molecule has 116 valence electrons. The molecule has 0 spiro atoms. The molecule has 0 radical (unpaired) electrons. The monoisotopic (exact) mass is 338 g/mol. The van der Waals surface area contributed by atoms with E-state index >= 15 is 0 Å². The number of carbonyl (C=O) groups is 1. The van der Waals surface area contributed by atoms with E-state index in [4.69, 9.17) is 23.2 Å². The molecule has 0 aliphatic carbocycles. The van der Waals surface area contributed by atoms with Gasteiger partial charge in [0.25, 0.3) is 5.91 Å². The van der Waals surface area contributed by atoms with Gasteiger partial charge in [-0.2, -0.15) is 5.10 Å². The lowest BCUT2D eigenvalue weighted by molar-refractivity contribution is 0.0709. The van der Waals surface area contributed by atoms with Crippen LogP contribution in [0.2, 0.25) is 10.0 Å². The van der Waals surface area contributed by atoms with Gasteiger partial charge in [-0.05, 0) is 25.1 Å². The van der Waals surface area contributed by atoms with Crippen molar-refractivity contribution in [1.82, 2.24) is 20.0 Å². The first-order valence-electron chi connectivity index (χ1n) is 7.07. The molecule has 1 aromatic carbocycles. The summed E-state index contributed by atoms with van der Waals surface area (Å²) in [4.78, 5) is 14.4. The van der Waals surface area contributed by atoms with Crippen molar-refractivity contribution in [2.75, 3.05) is 19.6 Å². The van der Waals surface area contributed by atoms with Crippen LogP contribution < -0.4 is 5.32 Å². The largest absolute Gasteiger partial charge is 0.336 e. The lowest BCUT2D eigenvalue weighted by Gasteiger charge is -2.31. The Bertz CT molecular complexity index is 701. The quantitative estimate of drug-likeness (QED) is 0.915. The summed E-state index contributed by atoms with van der Waals surface area (Å²) in [6, 6.07) is 5.47. The molecule has 3 rings (SSSR count). The van der Waals surface area contributed by atoms with E-state index in [2.05, 4.69) is 17.3 Å². The predicted octanol–water partition coefficient (Wildman–Crippen LogP) is 2.61. The van der Waals surface area contributed by atoms with Crippen LogP contribution in [0.25, 0.3) is 5.69 Å². The van der Waals surface area contributed by atoms with Gasteiger partial charge in [0, 0.05) is 36.9 Å². The number of halogens is 2. The van der Waals surface area contributed by atoms with E-state index in [0.29, 0.717) is 40.4 Å². The van der Waals surface area contributed by atoms with Crippen LogP contribution >= 0.6 is 23.2 Å². The standard InChI is InChI=1S/C15H16Cl2N4O/c1-10-8-20(5-4-18-10)15(22)11-7-19-21(9-11)14-3-2-12(16)6-13(14)17/h2-3,6-7,9-10,18H,4-5,8H2,1H3. The maximum Gasteiger partial charge on any atom is 0.257 e. The van der Waals surface area contributed by atoms with E-state index in [-0.39, 0.29) is 5.91 Å². The van der Waals surface area contributed by atoms with Crippen LogP contribution in [0.5, 0.6) is 0 Å². The number of nitrogens with one attached hydrogen (secondary N) is 1. The van der Waals surface area contributed by atoms with Gasteiger partial charge >= 0.3 is 0 Å². The summed E-state index contributed by atoms with van der Waals surface area (Å²) in [6.07, 6.45) is 3.27. The minimum atomic E-state index is -0.00955. The molecule has 2 heterocycles. The molecule has 1 saturated heterocycles. The lowest BCUT2D eigenvalue weighted by atomic mass is 10.2. The first-order chi connectivity index (χ1) is 10.5. The van der Waals surface area contributed by atoms with Crippen molar-refractivity contribution in [3.05, 3.63) is 46.2 Å². The molecule has 22 heavy (non-hydrogen) atoms. The third-order valence-corrected chi connectivity index (χ3v) is 4.18. The molecule has 1 unspecified atom stereocenters. The number of hydrogen-bond acceptors (Lipinski definition) is 3. The number of nitrogens with zero attached hydrogens (tertiary/aromatic N) is 3. The number of aromatic nitrogens is 2. The number of piperazine rings is 1. The van der Waals surface area contributed by atoms with Gasteiger partial charge in [-0.15, -0.1) is 0 Å². The summed E-state index contributed by atoms with van der Waals surface area (Å²) >= 11 is 12.1. The third-order valence-electron chi connectivity index (χ3n) is 3.64. The number of amides is 1. The van der Waals surface area contributed by atoms with Crippen LogP contribution in [0.1, 0.15) is 17.3 Å². The molecule has 0 saturated carbocycles. The molecule has 5 nitrogen and oxygen atoms in total. The summed E-state index contributed by atoms with van der Waals surface area (Å²) in [5.74, 6) is -0.00955. The summed E-state index contributed by atoms with van der Waals surface area (Å²) < 4.78 is 1.59. The van der Waals surface area contributed by atoms with E-state index in [0.717, 1.165) is 6.54 Å². The molecule has 1 fully saturated rings. The number of rotatable bonds is 2. The smallest absolute Gasteiger partial charge is 0.257 e. The van der Waals surface area contributed by atoms with Crippen molar-refractivity contribution in [2.24, 2.45) is 0 Å². The molecule has 1 aliphatic rings. The number of hydrogen-bond donors (Lipinski definition) is 1. The zero-order valence-corrected chi connectivity index (χ0v) is 13.6. The average Bonchev–Trinajstić information content (AvgIpc) is 2.96. The van der Waals surface area contributed by atoms with Gasteiger partial charge in [0.15, 0.2) is 0 Å². The predicted molar refractivity (Wildman–Crippen MR) is 87.0 cm³/mol. The molecule has 1 aliphatic heterocycles. The van der Waals surface area contributed by atoms with E-state index in [1.54, 1.807) is 35.3 Å². The summed E-state index contributed by atoms with van der Waals surface area (Å²) in [5.41, 5.74) is 1.25. The molecular formula is C15H16Cl2N4O. The Morgan fingerprint density at radius 3 is 2.95 bits per heavy atom. The second-order valence-electron chi connectivity index (χ2n) is 5.38. The third kappa shape index (κ3) is 3.11. The first kappa shape index (κ1) is 15.3. The average molecular weight is 339 g/mol. The van der Waals surface area contributed by atoms with Gasteiger partial charge in [0.2, 0.25) is 0 Å². The summed E-state index contributed by atoms with van der Waals surface area (Å²) in [5, 5.41) is 8.61. The van der Waals surface area contributed by atoms with E-state index in [1.807, 2.05) is 4.90 Å². The minimum Gasteiger partial charge on any atom is -0.336 e. The summed E-state index contributed by atoms with van der Waals surface area (Å²) in [7, 11) is 0. The number of carbonyl (C=O) groups excluding carboxylic acids is 1. The maximum absolute atomic E-state index is 12.5. The number of benzene rings is 1. The first-order valence-corrected chi connectivity index (χ1v) is 7.83. The zero-order chi connectivity index (χ0) is 15.7. The molecule has 0 bridgehead atoms. The Labute approximate surface area is 138 Å². The second kappa shape index (κ2) is 6.28. The van der Waals surface area contributed by atoms with Gasteiger partial charge in [-0.25, -0.2) is 4.68 Å². The maximum atomic E-state index is 12.5. The zero-order valence-electron chi connectivity index (χ0n) is 12.1. The fourth-order valence-corrected chi connectivity index (χ4v) is 3.03. The van der Waals surface area contributed by atoms with Gasteiger partial charge in [-0.3, -0.25) is 4.79 Å². The Morgan fingerprint density at radius 1 is 1.41 bits per heavy atom. The molecule has 1 N–H and O–H groups in total. The van der Waals surface area contributed by atoms with Crippen LogP contribution in [0.4, 0.5) is 0 Å². The van der Waals surface area contributed by atoms with Crippen LogP contribution in [-0.4, -0.2) is 46.3 Å². The highest BCUT2D eigenvalue weighted by Crippen LogP contribution is 2.24. The molecule has 1 amide bonds. The minimum absolute atomic E-state index is 0.00955. The highest BCUT2D eigenvalue weighted by molar-refractivity contribution is 6.35. The van der Waals surface area contributed by atoms with Gasteiger partial charge < -0.3 is 10.2 Å². The van der Waals surface area contributed by atoms with Crippen LogP contribution in [0.3, 0.4) is 0 Å². The summed E-state index contributed by atoms with van der Waals surface area (Å²) in [6.45, 7) is 4.28. The van der Waals surface area contributed by atoms with Crippen molar-refractivity contribution in [1.29, 1.82) is 0 Å². The van der Waals surface area contributed by atoms with Crippen molar-refractivity contribution in [3.63, 3.8) is 0 Å². The normalized spacial score (nSPS) is 18.5. The van der Waals surface area contributed by atoms with E-state index in [1.165, 1.54) is 0 Å². The highest BCUT2D eigenvalue weighted by atomic mass is 35.5. The van der Waals surface area contributed by atoms with E-state index < -0.39 is 0 Å². The van der Waals surface area contributed by atoms with Crippen LogP contribution in [-0.2, 0) is 0 Å².